The minimum atomic E-state index is -0.0516. The average Bonchev–Trinajstić information content (AvgIpc) is 3.31. The number of rotatable bonds is 5. The van der Waals surface area contributed by atoms with E-state index in [1.807, 2.05) is 30.3 Å². The van der Waals surface area contributed by atoms with E-state index < -0.39 is 0 Å². The Morgan fingerprint density at radius 3 is 2.96 bits per heavy atom. The molecule has 25 heavy (non-hydrogen) atoms. The number of nitrogens with one attached hydrogen (secondary N) is 1. The van der Waals surface area contributed by atoms with Crippen molar-refractivity contribution in [3.63, 3.8) is 0 Å². The van der Waals surface area contributed by atoms with E-state index >= 15 is 0 Å². The summed E-state index contributed by atoms with van der Waals surface area (Å²) < 4.78 is 11.4. The maximum absolute atomic E-state index is 12.6. The maximum Gasteiger partial charge on any atom is 0.251 e. The molecule has 2 aliphatic rings. The second kappa shape index (κ2) is 7.28. The number of ether oxygens (including phenoxy) is 2. The van der Waals surface area contributed by atoms with Crippen molar-refractivity contribution in [1.82, 2.24) is 5.32 Å². The van der Waals surface area contributed by atoms with E-state index in [9.17, 15) is 4.79 Å². The lowest BCUT2D eigenvalue weighted by Crippen LogP contribution is -2.27. The van der Waals surface area contributed by atoms with Gasteiger partial charge in [-0.2, -0.15) is 0 Å². The predicted molar refractivity (Wildman–Crippen MR) is 95.9 cm³/mol. The van der Waals surface area contributed by atoms with E-state index in [-0.39, 0.29) is 18.1 Å². The molecule has 0 radical (unpaired) electrons. The molecule has 0 spiro atoms. The standard InChI is InChI=1S/C21H23NO3/c23-21(22-20-11-10-15-5-1-2-9-19(15)20)16-6-3-7-17(13-16)25-14-18-8-4-12-24-18/h1-3,5-7,9,13,18,20H,4,8,10-12,14H2,(H,22,23). The minimum absolute atomic E-state index is 0.0516. The third-order valence-corrected chi connectivity index (χ3v) is 4.99. The normalized spacial score (nSPS) is 21.8. The summed E-state index contributed by atoms with van der Waals surface area (Å²) in [5, 5.41) is 3.16. The van der Waals surface area contributed by atoms with Crippen LogP contribution in [0.1, 0.15) is 46.8 Å². The molecule has 4 nitrogen and oxygen atoms in total. The van der Waals surface area contributed by atoms with Crippen LogP contribution in [0.4, 0.5) is 0 Å². The summed E-state index contributed by atoms with van der Waals surface area (Å²) in [6, 6.07) is 15.8. The van der Waals surface area contributed by atoms with Crippen LogP contribution in [-0.4, -0.2) is 25.2 Å². The first-order valence-corrected chi connectivity index (χ1v) is 9.03. The summed E-state index contributed by atoms with van der Waals surface area (Å²) in [5.74, 6) is 0.666. The molecule has 4 heteroatoms. The van der Waals surface area contributed by atoms with E-state index in [1.54, 1.807) is 0 Å². The first-order chi connectivity index (χ1) is 12.3. The largest absolute Gasteiger partial charge is 0.491 e. The van der Waals surface area contributed by atoms with Gasteiger partial charge in [-0.25, -0.2) is 0 Å². The van der Waals surface area contributed by atoms with E-state index in [4.69, 9.17) is 9.47 Å². The van der Waals surface area contributed by atoms with E-state index in [0.29, 0.717) is 12.2 Å². The van der Waals surface area contributed by atoms with Gasteiger partial charge in [0.15, 0.2) is 0 Å². The van der Waals surface area contributed by atoms with Gasteiger partial charge in [-0.15, -0.1) is 0 Å². The van der Waals surface area contributed by atoms with E-state index in [2.05, 4.69) is 23.5 Å². The number of hydrogen-bond donors (Lipinski definition) is 1. The number of carbonyl (C=O) groups excluding carboxylic acids is 1. The number of fused-ring (bicyclic) bond motifs is 1. The number of carbonyl (C=O) groups is 1. The molecule has 0 aromatic heterocycles. The van der Waals surface area contributed by atoms with Crippen molar-refractivity contribution in [2.24, 2.45) is 0 Å². The van der Waals surface area contributed by atoms with Crippen LogP contribution in [0.2, 0.25) is 0 Å². The van der Waals surface area contributed by atoms with Crippen molar-refractivity contribution in [2.75, 3.05) is 13.2 Å². The van der Waals surface area contributed by atoms with Gasteiger partial charge in [-0.1, -0.05) is 30.3 Å². The highest BCUT2D eigenvalue weighted by Crippen LogP contribution is 2.31. The van der Waals surface area contributed by atoms with Gasteiger partial charge in [0.2, 0.25) is 0 Å². The molecule has 0 bridgehead atoms. The second-order valence-electron chi connectivity index (χ2n) is 6.74. The minimum Gasteiger partial charge on any atom is -0.491 e. The van der Waals surface area contributed by atoms with Gasteiger partial charge >= 0.3 is 0 Å². The third-order valence-electron chi connectivity index (χ3n) is 4.99. The monoisotopic (exact) mass is 337 g/mol. The lowest BCUT2D eigenvalue weighted by molar-refractivity contribution is 0.0679. The summed E-state index contributed by atoms with van der Waals surface area (Å²) in [4.78, 5) is 12.6. The molecular formula is C21H23NO3. The SMILES string of the molecule is O=C(NC1CCc2ccccc21)c1cccc(OCC2CCCO2)c1. The zero-order valence-electron chi connectivity index (χ0n) is 14.2. The molecule has 1 aliphatic carbocycles. The van der Waals surface area contributed by atoms with Crippen molar-refractivity contribution < 1.29 is 14.3 Å². The molecule has 1 N–H and O–H groups in total. The third kappa shape index (κ3) is 3.69. The van der Waals surface area contributed by atoms with Crippen LogP contribution in [0.3, 0.4) is 0 Å². The molecule has 2 atom stereocenters. The van der Waals surface area contributed by atoms with Crippen LogP contribution in [0.5, 0.6) is 5.75 Å². The van der Waals surface area contributed by atoms with Gasteiger partial charge in [0.25, 0.3) is 5.91 Å². The summed E-state index contributed by atoms with van der Waals surface area (Å²) in [6.45, 7) is 1.36. The summed E-state index contributed by atoms with van der Waals surface area (Å²) in [5.41, 5.74) is 3.21. The van der Waals surface area contributed by atoms with Crippen LogP contribution < -0.4 is 10.1 Å². The Kier molecular flexibility index (Phi) is 4.70. The molecule has 2 unspecified atom stereocenters. The number of amides is 1. The molecule has 0 saturated carbocycles. The Morgan fingerprint density at radius 2 is 2.08 bits per heavy atom. The quantitative estimate of drug-likeness (QED) is 0.906. The molecule has 1 amide bonds. The molecule has 2 aromatic carbocycles. The van der Waals surface area contributed by atoms with Crippen molar-refractivity contribution in [3.8, 4) is 5.75 Å². The van der Waals surface area contributed by atoms with Crippen LogP contribution in [0.15, 0.2) is 48.5 Å². The Bertz CT molecular complexity index is 752. The van der Waals surface area contributed by atoms with Gasteiger partial charge < -0.3 is 14.8 Å². The molecule has 130 valence electrons. The zero-order valence-corrected chi connectivity index (χ0v) is 14.2. The molecule has 2 aromatic rings. The fourth-order valence-electron chi connectivity index (χ4n) is 3.64. The van der Waals surface area contributed by atoms with Crippen LogP contribution in [0.25, 0.3) is 0 Å². The fraction of sp³-hybridized carbons (Fsp3) is 0.381. The van der Waals surface area contributed by atoms with Crippen LogP contribution >= 0.6 is 0 Å². The first kappa shape index (κ1) is 16.2. The van der Waals surface area contributed by atoms with Crippen LogP contribution in [0, 0.1) is 0 Å². The Morgan fingerprint density at radius 1 is 1.16 bits per heavy atom. The summed E-state index contributed by atoms with van der Waals surface area (Å²) in [6.07, 6.45) is 4.29. The molecule has 1 heterocycles. The average molecular weight is 337 g/mol. The van der Waals surface area contributed by atoms with E-state index in [1.165, 1.54) is 11.1 Å². The first-order valence-electron chi connectivity index (χ1n) is 9.03. The van der Waals surface area contributed by atoms with Crippen LogP contribution in [-0.2, 0) is 11.2 Å². The zero-order chi connectivity index (χ0) is 17.1. The molecular weight excluding hydrogens is 314 g/mol. The Hall–Kier alpha value is -2.33. The van der Waals surface area contributed by atoms with Gasteiger partial charge in [-0.3, -0.25) is 4.79 Å². The molecule has 1 saturated heterocycles. The number of aryl methyl sites for hydroxylation is 1. The number of benzene rings is 2. The predicted octanol–water partition coefficient (Wildman–Crippen LogP) is 3.66. The van der Waals surface area contributed by atoms with Gasteiger partial charge in [0.1, 0.15) is 12.4 Å². The smallest absolute Gasteiger partial charge is 0.251 e. The topological polar surface area (TPSA) is 47.6 Å². The fourth-order valence-corrected chi connectivity index (χ4v) is 3.64. The molecule has 1 aliphatic heterocycles. The highest BCUT2D eigenvalue weighted by Gasteiger charge is 2.24. The lowest BCUT2D eigenvalue weighted by atomic mass is 10.1. The summed E-state index contributed by atoms with van der Waals surface area (Å²) in [7, 11) is 0. The Labute approximate surface area is 148 Å². The van der Waals surface area contributed by atoms with Crippen molar-refractivity contribution in [3.05, 3.63) is 65.2 Å². The molecule has 1 fully saturated rings. The maximum atomic E-state index is 12.6. The highest BCUT2D eigenvalue weighted by molar-refractivity contribution is 5.94. The molecule has 4 rings (SSSR count). The van der Waals surface area contributed by atoms with Gasteiger partial charge in [0, 0.05) is 12.2 Å². The lowest BCUT2D eigenvalue weighted by Gasteiger charge is -2.15. The van der Waals surface area contributed by atoms with E-state index in [0.717, 1.165) is 38.0 Å². The van der Waals surface area contributed by atoms with Crippen molar-refractivity contribution >= 4 is 5.91 Å². The van der Waals surface area contributed by atoms with Gasteiger partial charge in [0.05, 0.1) is 12.1 Å². The van der Waals surface area contributed by atoms with Crippen molar-refractivity contribution in [2.45, 2.75) is 37.8 Å². The summed E-state index contributed by atoms with van der Waals surface area (Å²) >= 11 is 0. The Balaban J connectivity index is 1.39. The highest BCUT2D eigenvalue weighted by atomic mass is 16.5. The number of hydrogen-bond acceptors (Lipinski definition) is 3. The van der Waals surface area contributed by atoms with Crippen molar-refractivity contribution in [1.29, 1.82) is 0 Å². The van der Waals surface area contributed by atoms with Gasteiger partial charge in [-0.05, 0) is 55.0 Å². The second-order valence-corrected chi connectivity index (χ2v) is 6.74.